The van der Waals surface area contributed by atoms with E-state index in [4.69, 9.17) is 9.47 Å². The van der Waals surface area contributed by atoms with E-state index in [9.17, 15) is 0 Å². The van der Waals surface area contributed by atoms with E-state index in [2.05, 4.69) is 38.9 Å². The Balaban J connectivity index is 1.38. The Morgan fingerprint density at radius 1 is 1.09 bits per heavy atom. The Morgan fingerprint density at radius 2 is 1.91 bits per heavy atom. The fourth-order valence-electron chi connectivity index (χ4n) is 3.98. The van der Waals surface area contributed by atoms with E-state index in [0.29, 0.717) is 13.1 Å². The maximum Gasteiger partial charge on any atom is 0.191 e. The summed E-state index contributed by atoms with van der Waals surface area (Å²) in [5, 5.41) is 11.1. The van der Waals surface area contributed by atoms with Crippen LogP contribution in [0.2, 0.25) is 0 Å². The van der Waals surface area contributed by atoms with Gasteiger partial charge >= 0.3 is 0 Å². The number of hydrogen-bond donors (Lipinski definition) is 2. The number of methoxy groups -OCH3 is 1. The minimum absolute atomic E-state index is 0.268. The summed E-state index contributed by atoms with van der Waals surface area (Å²) >= 11 is 0. The van der Waals surface area contributed by atoms with Gasteiger partial charge in [-0.25, -0.2) is 4.68 Å². The highest BCUT2D eigenvalue weighted by Crippen LogP contribution is 2.34. The largest absolute Gasteiger partial charge is 0.493 e. The van der Waals surface area contributed by atoms with Crippen LogP contribution >= 0.6 is 0 Å². The summed E-state index contributed by atoms with van der Waals surface area (Å²) in [7, 11) is 3.46. The lowest BCUT2D eigenvalue weighted by Crippen LogP contribution is -2.36. The first-order valence-electron chi connectivity index (χ1n) is 11.1. The number of guanidine groups is 1. The molecule has 0 saturated heterocycles. The summed E-state index contributed by atoms with van der Waals surface area (Å²) in [5.41, 5.74) is 3.23. The second-order valence-electron chi connectivity index (χ2n) is 7.87. The van der Waals surface area contributed by atoms with Crippen LogP contribution in [0.4, 0.5) is 0 Å². The molecule has 168 valence electrons. The molecular weight excluding hydrogens is 402 g/mol. The average molecular weight is 434 g/mol. The molecule has 32 heavy (non-hydrogen) atoms. The maximum absolute atomic E-state index is 6.34. The van der Waals surface area contributed by atoms with E-state index in [1.54, 1.807) is 20.4 Å². The highest BCUT2D eigenvalue weighted by Gasteiger charge is 2.20. The highest BCUT2D eigenvalue weighted by molar-refractivity contribution is 5.79. The van der Waals surface area contributed by atoms with Gasteiger partial charge in [-0.15, -0.1) is 0 Å². The third kappa shape index (κ3) is 5.41. The van der Waals surface area contributed by atoms with Crippen LogP contribution in [0.25, 0.3) is 5.69 Å². The zero-order valence-electron chi connectivity index (χ0n) is 18.8. The van der Waals surface area contributed by atoms with Crippen LogP contribution in [0, 0.1) is 0 Å². The lowest BCUT2D eigenvalue weighted by atomic mass is 10.1. The molecule has 3 aromatic rings. The molecule has 1 aliphatic carbocycles. The Hall–Kier alpha value is -3.48. The lowest BCUT2D eigenvalue weighted by molar-refractivity contribution is 0.198. The van der Waals surface area contributed by atoms with Crippen LogP contribution in [0.5, 0.6) is 11.5 Å². The molecule has 1 aromatic heterocycles. The average Bonchev–Trinajstić information content (AvgIpc) is 3.55. The fraction of sp³-hybridized carbons (Fsp3) is 0.360. The Labute approximate surface area is 189 Å². The molecule has 1 saturated carbocycles. The van der Waals surface area contributed by atoms with E-state index < -0.39 is 0 Å². The zero-order chi connectivity index (χ0) is 22.2. The van der Waals surface area contributed by atoms with Crippen molar-refractivity contribution in [1.29, 1.82) is 0 Å². The van der Waals surface area contributed by atoms with Crippen molar-refractivity contribution in [1.82, 2.24) is 20.4 Å². The van der Waals surface area contributed by atoms with Crippen molar-refractivity contribution >= 4 is 5.96 Å². The van der Waals surface area contributed by atoms with Crippen molar-refractivity contribution in [2.24, 2.45) is 4.99 Å². The summed E-state index contributed by atoms with van der Waals surface area (Å²) in [6.45, 7) is 1.24. The van der Waals surface area contributed by atoms with Gasteiger partial charge < -0.3 is 20.1 Å². The smallest absolute Gasteiger partial charge is 0.191 e. The van der Waals surface area contributed by atoms with Crippen LogP contribution in [0.1, 0.15) is 36.8 Å². The molecule has 0 atom stereocenters. The van der Waals surface area contributed by atoms with Crippen molar-refractivity contribution in [3.63, 3.8) is 0 Å². The maximum atomic E-state index is 6.34. The standard InChI is InChI=1S/C25H31N5O2/c1-26-25(27-17-19-8-5-10-21(16-19)30-15-7-14-29-30)28-18-20-9-6-13-23(31-2)24(20)32-22-11-3-4-12-22/h5-10,13-16,22H,3-4,11-12,17-18H2,1-2H3,(H2,26,27,28). The molecule has 0 aliphatic heterocycles. The number of rotatable bonds is 8. The number of nitrogens with one attached hydrogen (secondary N) is 2. The first kappa shape index (κ1) is 21.7. The molecule has 0 unspecified atom stereocenters. The topological polar surface area (TPSA) is 72.7 Å². The van der Waals surface area contributed by atoms with Gasteiger partial charge in [0.25, 0.3) is 0 Å². The summed E-state index contributed by atoms with van der Waals surface area (Å²) in [4.78, 5) is 4.37. The van der Waals surface area contributed by atoms with Crippen molar-refractivity contribution in [3.8, 4) is 17.2 Å². The van der Waals surface area contributed by atoms with Crippen molar-refractivity contribution in [3.05, 3.63) is 72.1 Å². The molecule has 7 nitrogen and oxygen atoms in total. The van der Waals surface area contributed by atoms with E-state index in [1.165, 1.54) is 12.8 Å². The molecule has 0 radical (unpaired) electrons. The lowest BCUT2D eigenvalue weighted by Gasteiger charge is -2.20. The normalized spacial score (nSPS) is 14.4. The van der Waals surface area contributed by atoms with Crippen molar-refractivity contribution < 1.29 is 9.47 Å². The quantitative estimate of drug-likeness (QED) is 0.414. The van der Waals surface area contributed by atoms with Crippen LogP contribution in [0.3, 0.4) is 0 Å². The second kappa shape index (κ2) is 10.7. The van der Waals surface area contributed by atoms with Crippen LogP contribution in [-0.2, 0) is 13.1 Å². The number of para-hydroxylation sites is 1. The number of benzene rings is 2. The zero-order valence-corrected chi connectivity index (χ0v) is 18.8. The third-order valence-corrected chi connectivity index (χ3v) is 5.68. The van der Waals surface area contributed by atoms with Gasteiger partial charge in [-0.2, -0.15) is 5.10 Å². The summed E-state index contributed by atoms with van der Waals surface area (Å²) in [6.07, 6.45) is 8.64. The van der Waals surface area contributed by atoms with E-state index in [1.807, 2.05) is 41.2 Å². The van der Waals surface area contributed by atoms with E-state index in [0.717, 1.165) is 47.1 Å². The van der Waals surface area contributed by atoms with Crippen LogP contribution < -0.4 is 20.1 Å². The molecule has 7 heteroatoms. The van der Waals surface area contributed by atoms with Crippen LogP contribution in [-0.4, -0.2) is 36.0 Å². The number of ether oxygens (including phenoxy) is 2. The molecule has 1 aliphatic rings. The second-order valence-corrected chi connectivity index (χ2v) is 7.87. The number of hydrogen-bond acceptors (Lipinski definition) is 4. The molecule has 4 rings (SSSR count). The van der Waals surface area contributed by atoms with Crippen molar-refractivity contribution in [2.45, 2.75) is 44.9 Å². The van der Waals surface area contributed by atoms with Crippen molar-refractivity contribution in [2.75, 3.05) is 14.2 Å². The minimum Gasteiger partial charge on any atom is -0.493 e. The van der Waals surface area contributed by atoms with Gasteiger partial charge in [0.1, 0.15) is 0 Å². The molecule has 0 amide bonds. The predicted molar refractivity (Wildman–Crippen MR) is 126 cm³/mol. The summed E-state index contributed by atoms with van der Waals surface area (Å²) in [6, 6.07) is 16.2. The van der Waals surface area contributed by atoms with Gasteiger partial charge in [0.05, 0.1) is 18.9 Å². The van der Waals surface area contributed by atoms with Gasteiger partial charge in [-0.1, -0.05) is 24.3 Å². The Morgan fingerprint density at radius 3 is 2.66 bits per heavy atom. The number of nitrogens with zero attached hydrogens (tertiary/aromatic N) is 3. The molecule has 2 N–H and O–H groups in total. The third-order valence-electron chi connectivity index (χ3n) is 5.68. The van der Waals surface area contributed by atoms with E-state index >= 15 is 0 Å². The molecule has 1 heterocycles. The van der Waals surface area contributed by atoms with Crippen LogP contribution in [0.15, 0.2) is 65.9 Å². The first-order valence-corrected chi connectivity index (χ1v) is 11.1. The van der Waals surface area contributed by atoms with Gasteiger partial charge in [-0.3, -0.25) is 4.99 Å². The predicted octanol–water partition coefficient (Wildman–Crippen LogP) is 4.07. The molecular formula is C25H31N5O2. The first-order chi connectivity index (χ1) is 15.8. The fourth-order valence-corrected chi connectivity index (χ4v) is 3.98. The number of aromatic nitrogens is 2. The number of aliphatic imine (C=N–C) groups is 1. The monoisotopic (exact) mass is 433 g/mol. The van der Waals surface area contributed by atoms with Gasteiger partial charge in [-0.05, 0) is 55.5 Å². The van der Waals surface area contributed by atoms with Gasteiger partial charge in [0.2, 0.25) is 0 Å². The highest BCUT2D eigenvalue weighted by atomic mass is 16.5. The SMILES string of the molecule is CN=C(NCc1cccc(-n2cccn2)c1)NCc1cccc(OC)c1OC1CCCC1. The molecule has 0 bridgehead atoms. The molecule has 1 fully saturated rings. The van der Waals surface area contributed by atoms with Gasteiger partial charge in [0, 0.05) is 38.1 Å². The summed E-state index contributed by atoms with van der Waals surface area (Å²) < 4.78 is 13.8. The molecule has 0 spiro atoms. The van der Waals surface area contributed by atoms with E-state index in [-0.39, 0.29) is 6.10 Å². The van der Waals surface area contributed by atoms with Gasteiger partial charge in [0.15, 0.2) is 17.5 Å². The Kier molecular flexibility index (Phi) is 7.27. The Bertz CT molecular complexity index is 1030. The minimum atomic E-state index is 0.268. The molecule has 2 aromatic carbocycles. The summed E-state index contributed by atoms with van der Waals surface area (Å²) in [5.74, 6) is 2.33.